The Bertz CT molecular complexity index is 187. The predicted octanol–water partition coefficient (Wildman–Crippen LogP) is 5.48. The van der Waals surface area contributed by atoms with E-state index in [1.807, 2.05) is 0 Å². The molecule has 0 rings (SSSR count). The summed E-state index contributed by atoms with van der Waals surface area (Å²) in [6.45, 7) is 4.55. The second-order valence-electron chi connectivity index (χ2n) is 4.11. The summed E-state index contributed by atoms with van der Waals surface area (Å²) >= 11 is -11.2. The van der Waals surface area contributed by atoms with E-state index in [2.05, 4.69) is 23.1 Å². The number of halogens is 6. The molecule has 2 unspecified atom stereocenters. The monoisotopic (exact) mass is 396 g/mol. The molecule has 0 radical (unpaired) electrons. The summed E-state index contributed by atoms with van der Waals surface area (Å²) in [5.41, 5.74) is 0.997. The first-order valence-corrected chi connectivity index (χ1v) is 12.3. The average molecular weight is 397 g/mol. The quantitative estimate of drug-likeness (QED) is 0.241. The fourth-order valence-electron chi connectivity index (χ4n) is 1.24. The molecule has 0 fully saturated rings. The number of rotatable bonds is 6. The van der Waals surface area contributed by atoms with Gasteiger partial charge in [0.2, 0.25) is 0 Å². The van der Waals surface area contributed by atoms with E-state index in [1.165, 1.54) is 38.5 Å². The van der Waals surface area contributed by atoms with Crippen LogP contribution in [0.4, 0.5) is 16.9 Å². The zero-order valence-corrected chi connectivity index (χ0v) is 14.2. The van der Waals surface area contributed by atoms with Crippen molar-refractivity contribution in [3.05, 3.63) is 0 Å². The molecule has 0 bridgehead atoms. The standard InChI is InChI=1S/C9H21P.6FH.Sb/c1-3-5-6-8-9(10)7-4-2;;;;;;;/h9H,3-8,10H2,1-2H3;6*1H;/q;;;;;;;+5/p-5. The minimum absolute atomic E-state index is 0.997. The Morgan fingerprint density at radius 2 is 1.24 bits per heavy atom. The maximum atomic E-state index is 9.93. The van der Waals surface area contributed by atoms with Crippen LogP contribution < -0.4 is 0 Å². The molecule has 0 saturated carbocycles. The second kappa shape index (κ2) is 6.84. The van der Waals surface area contributed by atoms with E-state index < -0.39 is 19.5 Å². The Labute approximate surface area is 104 Å². The third kappa shape index (κ3) is 47.5. The summed E-state index contributed by atoms with van der Waals surface area (Å²) in [6, 6.07) is 0. The molecule has 17 heavy (non-hydrogen) atoms. The minimum atomic E-state index is -11.2. The van der Waals surface area contributed by atoms with E-state index in [0.717, 1.165) is 5.66 Å². The van der Waals surface area contributed by atoms with E-state index in [0.29, 0.717) is 0 Å². The van der Waals surface area contributed by atoms with Gasteiger partial charge in [-0.3, -0.25) is 0 Å². The molecule has 0 spiro atoms. The van der Waals surface area contributed by atoms with E-state index in [4.69, 9.17) is 0 Å². The normalized spacial score (nSPS) is 17.6. The molecule has 0 nitrogen and oxygen atoms in total. The van der Waals surface area contributed by atoms with Crippen molar-refractivity contribution in [3.63, 3.8) is 0 Å². The van der Waals surface area contributed by atoms with Crippen LogP contribution in [0.3, 0.4) is 0 Å². The molecule has 0 aromatic heterocycles. The van der Waals surface area contributed by atoms with Crippen molar-refractivity contribution >= 4 is 28.7 Å². The molecule has 0 aromatic rings. The van der Waals surface area contributed by atoms with Crippen molar-refractivity contribution < 1.29 is 16.9 Å². The second-order valence-corrected chi connectivity index (χ2v) is 10.7. The van der Waals surface area contributed by atoms with Gasteiger partial charge in [0.1, 0.15) is 0 Å². The Morgan fingerprint density at radius 3 is 1.53 bits per heavy atom. The van der Waals surface area contributed by atoms with Crippen molar-refractivity contribution in [2.24, 2.45) is 0 Å². The third-order valence-electron chi connectivity index (χ3n) is 1.91. The van der Waals surface area contributed by atoms with Gasteiger partial charge in [-0.05, 0) is 28.5 Å². The fourth-order valence-corrected chi connectivity index (χ4v) is 1.93. The van der Waals surface area contributed by atoms with Crippen LogP contribution >= 0.6 is 9.24 Å². The third-order valence-corrected chi connectivity index (χ3v) is 2.73. The van der Waals surface area contributed by atoms with Gasteiger partial charge in [0.15, 0.2) is 0 Å². The van der Waals surface area contributed by atoms with Gasteiger partial charge in [-0.1, -0.05) is 33.1 Å². The van der Waals surface area contributed by atoms with Gasteiger partial charge in [0.05, 0.1) is 5.66 Å². The van der Waals surface area contributed by atoms with Gasteiger partial charge in [-0.2, -0.15) is 0 Å². The van der Waals surface area contributed by atoms with Gasteiger partial charge in [0, 0.05) is 0 Å². The van der Waals surface area contributed by atoms with Crippen molar-refractivity contribution in [2.75, 3.05) is 0 Å². The van der Waals surface area contributed by atoms with E-state index in [-0.39, 0.29) is 0 Å². The van der Waals surface area contributed by atoms with Crippen molar-refractivity contribution in [1.82, 2.24) is 0 Å². The molecular formula is C9H22F6PSb. The molecule has 0 aromatic carbocycles. The molecular weight excluding hydrogens is 375 g/mol. The summed E-state index contributed by atoms with van der Waals surface area (Å²) in [6.07, 6.45) is 8.49. The van der Waals surface area contributed by atoms with Gasteiger partial charge < -0.3 is 0 Å². The van der Waals surface area contributed by atoms with E-state index in [9.17, 15) is 16.9 Å². The van der Waals surface area contributed by atoms with Crippen LogP contribution in [0.15, 0.2) is 0 Å². The molecule has 8 heteroatoms. The molecule has 0 saturated heterocycles. The zero-order valence-electron chi connectivity index (χ0n) is 10.2. The first-order chi connectivity index (χ1) is 7.26. The zero-order chi connectivity index (χ0) is 14.2. The number of unbranched alkanes of at least 4 members (excludes halogenated alkanes) is 2. The summed E-state index contributed by atoms with van der Waals surface area (Å²) in [5, 5.41) is 0. The van der Waals surface area contributed by atoms with Crippen LogP contribution in [0, 0.1) is 0 Å². The summed E-state index contributed by atoms with van der Waals surface area (Å²) in [4.78, 5) is 0. The summed E-state index contributed by atoms with van der Waals surface area (Å²) in [7, 11) is 2.18. The van der Waals surface area contributed by atoms with Crippen LogP contribution in [0.5, 0.6) is 0 Å². The van der Waals surface area contributed by atoms with Crippen LogP contribution in [-0.2, 0) is 0 Å². The van der Waals surface area contributed by atoms with Crippen LogP contribution in [0.1, 0.15) is 52.4 Å². The molecule has 110 valence electrons. The van der Waals surface area contributed by atoms with Crippen molar-refractivity contribution in [2.45, 2.75) is 58.0 Å². The van der Waals surface area contributed by atoms with Gasteiger partial charge in [0.25, 0.3) is 0 Å². The number of hydrogen-bond donors (Lipinski definition) is 0. The number of hydrogen-bond acceptors (Lipinski definition) is 0. The Kier molecular flexibility index (Phi) is 8.11. The SMILES string of the molecule is CCCCCC([PH3+])CCC.[F][Sb-]([F])([F])([F])([F])[F]. The molecule has 0 aliphatic carbocycles. The topological polar surface area (TPSA) is 0 Å². The molecule has 0 N–H and O–H groups in total. The Hall–Kier alpha value is 0.828. The van der Waals surface area contributed by atoms with Crippen LogP contribution in [0.2, 0.25) is 0 Å². The molecule has 0 amide bonds. The Balaban J connectivity index is 0. The van der Waals surface area contributed by atoms with E-state index >= 15 is 0 Å². The van der Waals surface area contributed by atoms with Crippen molar-refractivity contribution in [1.29, 1.82) is 0 Å². The van der Waals surface area contributed by atoms with Crippen molar-refractivity contribution in [3.8, 4) is 0 Å². The Morgan fingerprint density at radius 1 is 0.824 bits per heavy atom. The average Bonchev–Trinajstić information content (AvgIpc) is 1.99. The van der Waals surface area contributed by atoms with Gasteiger partial charge >= 0.3 is 36.4 Å². The van der Waals surface area contributed by atoms with Crippen LogP contribution in [0.25, 0.3) is 0 Å². The molecule has 2 atom stereocenters. The first kappa shape index (κ1) is 20.2. The summed E-state index contributed by atoms with van der Waals surface area (Å²) in [5.74, 6) is 0. The first-order valence-electron chi connectivity index (χ1n) is 5.65. The maximum absolute atomic E-state index is 11.2. The van der Waals surface area contributed by atoms with Gasteiger partial charge in [-0.25, -0.2) is 0 Å². The van der Waals surface area contributed by atoms with E-state index in [1.54, 1.807) is 0 Å². The predicted molar refractivity (Wildman–Crippen MR) is 66.3 cm³/mol. The van der Waals surface area contributed by atoms with Gasteiger partial charge in [-0.15, -0.1) is 0 Å². The molecule has 0 heterocycles. The van der Waals surface area contributed by atoms with Crippen LogP contribution in [-0.4, -0.2) is 25.1 Å². The fraction of sp³-hybridized carbons (Fsp3) is 1.00. The molecule has 0 aliphatic rings. The summed E-state index contributed by atoms with van der Waals surface area (Å²) < 4.78 is 59.6. The molecule has 0 aliphatic heterocycles.